The summed E-state index contributed by atoms with van der Waals surface area (Å²) < 4.78 is 33.7. The Hall–Kier alpha value is -2.23. The van der Waals surface area contributed by atoms with Gasteiger partial charge in [0.15, 0.2) is 11.5 Å². The third-order valence-corrected chi connectivity index (χ3v) is 4.75. The first-order valence-corrected chi connectivity index (χ1v) is 10.3. The number of ether oxygens (including phenoxy) is 3. The maximum atomic E-state index is 11.9. The van der Waals surface area contributed by atoms with Crippen molar-refractivity contribution in [1.29, 1.82) is 0 Å². The lowest BCUT2D eigenvalue weighted by Crippen LogP contribution is -2.22. The number of nitrogens with zero attached hydrogens (tertiary/aromatic N) is 4. The number of hydrogen-bond donors (Lipinski definition) is 1. The number of nitrogens with two attached hydrogens (primary N) is 1. The van der Waals surface area contributed by atoms with Gasteiger partial charge in [-0.05, 0) is 20.8 Å². The smallest absolute Gasteiger partial charge is 0.432 e. The second-order valence-corrected chi connectivity index (χ2v) is 7.84. The fraction of sp³-hybridized carbons (Fsp3) is 0.625. The number of carbonyl (C=O) groups excluding carboxylic acids is 1. The van der Waals surface area contributed by atoms with Crippen molar-refractivity contribution < 1.29 is 28.1 Å². The molecule has 2 rings (SSSR count). The van der Waals surface area contributed by atoms with Crippen molar-refractivity contribution in [2.45, 2.75) is 46.4 Å². The van der Waals surface area contributed by atoms with Crippen LogP contribution in [0.4, 0.5) is 10.6 Å². The second kappa shape index (κ2) is 10.4. The standard InChI is InChI=1S/C16H26N5O6P/c1-10(2)27-16(22)24-8-26-28(23)9-25-12(4)11(3)5-21-7-20-13-14(17)18-6-19-15(13)21/h6-7,10-12,28H,5,8-9H2,1-4H3,(H2,17,18,19)/t11?,12-/m1/s1. The Morgan fingerprint density at radius 3 is 2.71 bits per heavy atom. The Morgan fingerprint density at radius 1 is 1.25 bits per heavy atom. The first-order chi connectivity index (χ1) is 13.3. The summed E-state index contributed by atoms with van der Waals surface area (Å²) in [6, 6.07) is 0. The molecule has 0 amide bonds. The monoisotopic (exact) mass is 415 g/mol. The Morgan fingerprint density at radius 2 is 2.00 bits per heavy atom. The summed E-state index contributed by atoms with van der Waals surface area (Å²) >= 11 is 0. The van der Waals surface area contributed by atoms with Crippen molar-refractivity contribution in [3.8, 4) is 0 Å². The van der Waals surface area contributed by atoms with Crippen LogP contribution < -0.4 is 5.73 Å². The summed E-state index contributed by atoms with van der Waals surface area (Å²) in [5.41, 5.74) is 6.99. The molecule has 2 heterocycles. The minimum absolute atomic E-state index is 0.0701. The molecule has 0 spiro atoms. The van der Waals surface area contributed by atoms with E-state index in [0.29, 0.717) is 23.5 Å². The number of imidazole rings is 1. The number of anilines is 1. The predicted octanol–water partition coefficient (Wildman–Crippen LogP) is 2.42. The van der Waals surface area contributed by atoms with Gasteiger partial charge in [-0.25, -0.2) is 19.7 Å². The number of carbonyl (C=O) groups is 1. The van der Waals surface area contributed by atoms with Crippen molar-refractivity contribution in [2.24, 2.45) is 5.92 Å². The van der Waals surface area contributed by atoms with Gasteiger partial charge in [-0.3, -0.25) is 9.09 Å². The molecule has 0 aliphatic rings. The van der Waals surface area contributed by atoms with Crippen molar-refractivity contribution in [3.63, 3.8) is 0 Å². The molecular formula is C16H26N5O6P. The Balaban J connectivity index is 1.74. The van der Waals surface area contributed by atoms with Gasteiger partial charge in [-0.1, -0.05) is 6.92 Å². The fourth-order valence-corrected chi connectivity index (χ4v) is 2.94. The molecule has 0 aromatic carbocycles. The fourth-order valence-electron chi connectivity index (χ4n) is 2.27. The molecule has 0 aliphatic carbocycles. The first kappa shape index (κ1) is 22.1. The van der Waals surface area contributed by atoms with E-state index >= 15 is 0 Å². The second-order valence-electron chi connectivity index (χ2n) is 6.52. The van der Waals surface area contributed by atoms with Gasteiger partial charge < -0.3 is 24.5 Å². The molecule has 2 N–H and O–H groups in total. The zero-order valence-electron chi connectivity index (χ0n) is 16.3. The summed E-state index contributed by atoms with van der Waals surface area (Å²) in [5.74, 6) is 0.400. The lowest BCUT2D eigenvalue weighted by atomic mass is 10.1. The highest BCUT2D eigenvalue weighted by Gasteiger charge is 2.17. The topological polar surface area (TPSA) is 141 Å². The zero-order valence-corrected chi connectivity index (χ0v) is 17.3. The van der Waals surface area contributed by atoms with Crippen molar-refractivity contribution >= 4 is 31.2 Å². The van der Waals surface area contributed by atoms with E-state index in [4.69, 9.17) is 19.7 Å². The van der Waals surface area contributed by atoms with Crippen LogP contribution in [0, 0.1) is 5.92 Å². The summed E-state index contributed by atoms with van der Waals surface area (Å²) in [6.07, 6.45) is 1.58. The molecule has 0 fully saturated rings. The molecule has 2 aromatic rings. The molecule has 2 unspecified atom stereocenters. The van der Waals surface area contributed by atoms with E-state index in [1.807, 2.05) is 18.4 Å². The van der Waals surface area contributed by atoms with Crippen molar-refractivity contribution in [2.75, 3.05) is 18.9 Å². The average Bonchev–Trinajstić information content (AvgIpc) is 3.03. The quantitative estimate of drug-likeness (QED) is 0.349. The SMILES string of the molecule is CC(C)OC(=O)OCO[PH](=O)CO[C@H](C)C(C)Cn1cnc2c(N)ncnc21. The molecule has 0 aliphatic heterocycles. The number of fused-ring (bicyclic) bond motifs is 1. The van der Waals surface area contributed by atoms with Crippen LogP contribution in [0.3, 0.4) is 0 Å². The number of hydrogen-bond acceptors (Lipinski definition) is 10. The molecule has 12 heteroatoms. The minimum Gasteiger partial charge on any atom is -0.432 e. The third-order valence-electron chi connectivity index (χ3n) is 3.91. The molecule has 0 bridgehead atoms. The molecule has 0 saturated heterocycles. The van der Waals surface area contributed by atoms with E-state index in [2.05, 4.69) is 19.7 Å². The van der Waals surface area contributed by atoms with E-state index in [-0.39, 0.29) is 24.5 Å². The van der Waals surface area contributed by atoms with Gasteiger partial charge in [0, 0.05) is 12.5 Å². The first-order valence-electron chi connectivity index (χ1n) is 8.79. The lowest BCUT2D eigenvalue weighted by Gasteiger charge is -2.21. The highest BCUT2D eigenvalue weighted by Crippen LogP contribution is 2.25. The number of nitrogen functional groups attached to an aromatic ring is 1. The Bertz CT molecular complexity index is 814. The summed E-state index contributed by atoms with van der Waals surface area (Å²) in [6.45, 7) is 7.38. The summed E-state index contributed by atoms with van der Waals surface area (Å²) in [4.78, 5) is 23.5. The molecule has 28 heavy (non-hydrogen) atoms. The van der Waals surface area contributed by atoms with Gasteiger partial charge in [0.1, 0.15) is 18.2 Å². The van der Waals surface area contributed by atoms with Crippen molar-refractivity contribution in [1.82, 2.24) is 19.5 Å². The van der Waals surface area contributed by atoms with Crippen LogP contribution >= 0.6 is 8.03 Å². The third kappa shape index (κ3) is 6.43. The molecule has 0 saturated carbocycles. The minimum atomic E-state index is -2.50. The van der Waals surface area contributed by atoms with E-state index in [1.54, 1.807) is 20.2 Å². The van der Waals surface area contributed by atoms with Gasteiger partial charge in [0.05, 0.1) is 18.5 Å². The largest absolute Gasteiger partial charge is 0.510 e. The van der Waals surface area contributed by atoms with E-state index in [9.17, 15) is 9.36 Å². The van der Waals surface area contributed by atoms with Gasteiger partial charge in [-0.2, -0.15) is 0 Å². The maximum Gasteiger partial charge on any atom is 0.510 e. The van der Waals surface area contributed by atoms with Crippen LogP contribution in [-0.4, -0.2) is 51.0 Å². The molecule has 0 radical (unpaired) electrons. The molecular weight excluding hydrogens is 389 g/mol. The summed E-state index contributed by atoms with van der Waals surface area (Å²) in [7, 11) is -2.50. The lowest BCUT2D eigenvalue weighted by molar-refractivity contribution is -0.00924. The molecule has 3 atom stereocenters. The van der Waals surface area contributed by atoms with E-state index < -0.39 is 21.0 Å². The highest BCUT2D eigenvalue weighted by atomic mass is 31.1. The number of rotatable bonds is 10. The van der Waals surface area contributed by atoms with Crippen LogP contribution in [0.2, 0.25) is 0 Å². The maximum absolute atomic E-state index is 11.9. The van der Waals surface area contributed by atoms with Crippen LogP contribution in [0.15, 0.2) is 12.7 Å². The van der Waals surface area contributed by atoms with Gasteiger partial charge in [0.2, 0.25) is 14.8 Å². The van der Waals surface area contributed by atoms with Crippen LogP contribution in [0.5, 0.6) is 0 Å². The number of aromatic nitrogens is 4. The van der Waals surface area contributed by atoms with E-state index in [1.165, 1.54) is 6.33 Å². The van der Waals surface area contributed by atoms with Crippen molar-refractivity contribution in [3.05, 3.63) is 12.7 Å². The Kier molecular flexibility index (Phi) is 8.16. The van der Waals surface area contributed by atoms with Gasteiger partial charge in [0.25, 0.3) is 0 Å². The summed E-state index contributed by atoms with van der Waals surface area (Å²) in [5, 5.41) is 0. The average molecular weight is 415 g/mol. The normalized spacial score (nSPS) is 14.8. The van der Waals surface area contributed by atoms with Crippen LogP contribution in [-0.2, 0) is 29.8 Å². The Labute approximate surface area is 163 Å². The zero-order chi connectivity index (χ0) is 20.7. The van der Waals surface area contributed by atoms with Crippen LogP contribution in [0.25, 0.3) is 11.2 Å². The van der Waals surface area contributed by atoms with Gasteiger partial charge in [-0.15, -0.1) is 0 Å². The van der Waals surface area contributed by atoms with Gasteiger partial charge >= 0.3 is 6.16 Å². The van der Waals surface area contributed by atoms with Crippen LogP contribution in [0.1, 0.15) is 27.7 Å². The molecule has 2 aromatic heterocycles. The van der Waals surface area contributed by atoms with E-state index in [0.717, 1.165) is 0 Å². The molecule has 11 nitrogen and oxygen atoms in total. The molecule has 156 valence electrons. The predicted molar refractivity (Wildman–Crippen MR) is 102 cm³/mol. The highest BCUT2D eigenvalue weighted by molar-refractivity contribution is 7.38.